The van der Waals surface area contributed by atoms with Crippen LogP contribution in [0.25, 0.3) is 0 Å². The minimum atomic E-state index is -0.542. The average molecular weight is 277 g/mol. The molecule has 0 unspecified atom stereocenters. The summed E-state index contributed by atoms with van der Waals surface area (Å²) in [7, 11) is 0. The third-order valence-corrected chi connectivity index (χ3v) is 3.03. The summed E-state index contributed by atoms with van der Waals surface area (Å²) in [6.07, 6.45) is 0.427. The minimum absolute atomic E-state index is 0.0561. The molecule has 1 aliphatic rings. The van der Waals surface area contributed by atoms with Gasteiger partial charge in [0.05, 0.1) is 13.2 Å². The van der Waals surface area contributed by atoms with E-state index in [1.54, 1.807) is 0 Å². The van der Waals surface area contributed by atoms with Gasteiger partial charge in [0, 0.05) is 12.3 Å². The zero-order chi connectivity index (χ0) is 15.0. The van der Waals surface area contributed by atoms with Gasteiger partial charge in [-0.25, -0.2) is 0 Å². The van der Waals surface area contributed by atoms with Crippen LogP contribution in [0.1, 0.15) is 38.8 Å². The first-order valence-electron chi connectivity index (χ1n) is 7.09. The number of rotatable bonds is 5. The number of benzene rings is 1. The summed E-state index contributed by atoms with van der Waals surface area (Å²) in [4.78, 5) is 23.4. The molecule has 2 rings (SSSR count). The maximum absolute atomic E-state index is 11.8. The summed E-state index contributed by atoms with van der Waals surface area (Å²) in [6, 6.07) is 8.75. The molecule has 1 aromatic rings. The van der Waals surface area contributed by atoms with Crippen molar-refractivity contribution in [3.05, 3.63) is 35.9 Å². The third-order valence-electron chi connectivity index (χ3n) is 3.03. The fourth-order valence-electron chi connectivity index (χ4n) is 1.95. The monoisotopic (exact) mass is 277 g/mol. The molecule has 20 heavy (non-hydrogen) atoms. The highest BCUT2D eigenvalue weighted by Crippen LogP contribution is 2.17. The van der Waals surface area contributed by atoms with Gasteiger partial charge in [0.25, 0.3) is 0 Å². The number of ketones is 1. The molecule has 0 aromatic heterocycles. The Morgan fingerprint density at radius 2 is 1.85 bits per heavy atom. The Morgan fingerprint density at radius 3 is 2.30 bits per heavy atom. The molecular formula is C16H23NO3. The minimum Gasteiger partial charge on any atom is -0.381 e. The highest BCUT2D eigenvalue weighted by molar-refractivity contribution is 5.88. The van der Waals surface area contributed by atoms with E-state index in [4.69, 9.17) is 4.74 Å². The second-order valence-corrected chi connectivity index (χ2v) is 4.63. The molecule has 1 saturated heterocycles. The smallest absolute Gasteiger partial charge is 0.221 e. The van der Waals surface area contributed by atoms with Crippen LogP contribution in [0.3, 0.4) is 0 Å². The van der Waals surface area contributed by atoms with Crippen LogP contribution in [-0.2, 0) is 14.3 Å². The van der Waals surface area contributed by atoms with Gasteiger partial charge >= 0.3 is 0 Å². The molecule has 110 valence electrons. The maximum atomic E-state index is 11.8. The van der Waals surface area contributed by atoms with Crippen molar-refractivity contribution in [2.45, 2.75) is 33.2 Å². The van der Waals surface area contributed by atoms with Crippen molar-refractivity contribution in [1.29, 1.82) is 0 Å². The first-order valence-corrected chi connectivity index (χ1v) is 7.09. The molecule has 1 fully saturated rings. The highest BCUT2D eigenvalue weighted by atomic mass is 16.5. The Labute approximate surface area is 120 Å². The number of ether oxygens (including phenoxy) is 1. The van der Waals surface area contributed by atoms with E-state index in [1.165, 1.54) is 6.92 Å². The second kappa shape index (κ2) is 8.48. The van der Waals surface area contributed by atoms with Gasteiger partial charge in [-0.15, -0.1) is 0 Å². The first kappa shape index (κ1) is 16.4. The number of Topliss-reactive ketones (excluding diaryl/α,β-unsaturated/α-hetero) is 1. The number of hydrogen-bond acceptors (Lipinski definition) is 3. The predicted molar refractivity (Wildman–Crippen MR) is 78.3 cm³/mol. The molecule has 1 aliphatic heterocycles. The molecular weight excluding hydrogens is 254 g/mol. The van der Waals surface area contributed by atoms with Gasteiger partial charge in [-0.2, -0.15) is 0 Å². The van der Waals surface area contributed by atoms with Gasteiger partial charge in [0.1, 0.15) is 6.04 Å². The standard InChI is InChI=1S/C14H17NO3.C2H6/c1-10(16)14(12-5-3-2-4-6-12)15-13(17)7-11-8-18-9-11;1-2/h2-6,11,14H,7-9H2,1H3,(H,15,17);1-2H3/t14-;/m0./s1. The third kappa shape index (κ3) is 4.78. The van der Waals surface area contributed by atoms with Crippen LogP contribution < -0.4 is 5.32 Å². The molecule has 0 bridgehead atoms. The maximum Gasteiger partial charge on any atom is 0.221 e. The van der Waals surface area contributed by atoms with Gasteiger partial charge in [-0.1, -0.05) is 44.2 Å². The van der Waals surface area contributed by atoms with Crippen molar-refractivity contribution in [2.24, 2.45) is 5.92 Å². The molecule has 1 N–H and O–H groups in total. The van der Waals surface area contributed by atoms with Crippen LogP contribution in [0.4, 0.5) is 0 Å². The second-order valence-electron chi connectivity index (χ2n) is 4.63. The normalized spacial score (nSPS) is 15.3. The molecule has 1 atom stereocenters. The molecule has 4 nitrogen and oxygen atoms in total. The zero-order valence-electron chi connectivity index (χ0n) is 12.4. The first-order chi connectivity index (χ1) is 9.66. The van der Waals surface area contributed by atoms with Crippen LogP contribution in [0, 0.1) is 5.92 Å². The number of amides is 1. The van der Waals surface area contributed by atoms with E-state index in [9.17, 15) is 9.59 Å². The van der Waals surface area contributed by atoms with Crippen LogP contribution >= 0.6 is 0 Å². The summed E-state index contributed by atoms with van der Waals surface area (Å²) < 4.78 is 5.03. The van der Waals surface area contributed by atoms with E-state index in [0.717, 1.165) is 5.56 Å². The summed E-state index contributed by atoms with van der Waals surface area (Å²) in [5, 5.41) is 2.79. The Morgan fingerprint density at radius 1 is 1.25 bits per heavy atom. The average Bonchev–Trinajstić information content (AvgIpc) is 2.43. The fraction of sp³-hybridized carbons (Fsp3) is 0.500. The molecule has 1 heterocycles. The van der Waals surface area contributed by atoms with Crippen LogP contribution in [0.15, 0.2) is 30.3 Å². The van der Waals surface area contributed by atoms with Crippen molar-refractivity contribution in [2.75, 3.05) is 13.2 Å². The Bertz CT molecular complexity index is 427. The number of carbonyl (C=O) groups is 2. The van der Waals surface area contributed by atoms with E-state index in [-0.39, 0.29) is 11.7 Å². The number of nitrogens with one attached hydrogen (secondary N) is 1. The van der Waals surface area contributed by atoms with Crippen molar-refractivity contribution in [3.8, 4) is 0 Å². The van der Waals surface area contributed by atoms with Gasteiger partial charge in [0.2, 0.25) is 5.91 Å². The Kier molecular flexibility index (Phi) is 6.94. The number of hydrogen-bond donors (Lipinski definition) is 1. The van der Waals surface area contributed by atoms with E-state index >= 15 is 0 Å². The number of carbonyl (C=O) groups excluding carboxylic acids is 2. The molecule has 0 radical (unpaired) electrons. The SMILES string of the molecule is CC.CC(=O)[C@H](NC(=O)CC1COC1)c1ccccc1. The van der Waals surface area contributed by atoms with Crippen molar-refractivity contribution in [1.82, 2.24) is 5.32 Å². The molecule has 0 saturated carbocycles. The lowest BCUT2D eigenvalue weighted by molar-refractivity contribution is -0.130. The van der Waals surface area contributed by atoms with Gasteiger partial charge in [-0.05, 0) is 12.5 Å². The largest absolute Gasteiger partial charge is 0.381 e. The van der Waals surface area contributed by atoms with Gasteiger partial charge < -0.3 is 10.1 Å². The van der Waals surface area contributed by atoms with Gasteiger partial charge in [0.15, 0.2) is 5.78 Å². The quantitative estimate of drug-likeness (QED) is 0.899. The van der Waals surface area contributed by atoms with E-state index in [1.807, 2.05) is 44.2 Å². The van der Waals surface area contributed by atoms with Crippen LogP contribution in [0.2, 0.25) is 0 Å². The summed E-state index contributed by atoms with van der Waals surface area (Å²) in [5.74, 6) is 0.153. The van der Waals surface area contributed by atoms with Crippen LogP contribution in [0.5, 0.6) is 0 Å². The fourth-order valence-corrected chi connectivity index (χ4v) is 1.95. The molecule has 1 amide bonds. The lowest BCUT2D eigenvalue weighted by Gasteiger charge is -2.26. The Balaban J connectivity index is 0.000000956. The highest BCUT2D eigenvalue weighted by Gasteiger charge is 2.24. The predicted octanol–water partition coefficient (Wildman–Crippen LogP) is 2.50. The summed E-state index contributed by atoms with van der Waals surface area (Å²) >= 11 is 0. The summed E-state index contributed by atoms with van der Waals surface area (Å²) in [6.45, 7) is 6.78. The van der Waals surface area contributed by atoms with E-state index in [0.29, 0.717) is 25.6 Å². The van der Waals surface area contributed by atoms with Crippen molar-refractivity contribution < 1.29 is 14.3 Å². The molecule has 1 aromatic carbocycles. The zero-order valence-corrected chi connectivity index (χ0v) is 12.4. The van der Waals surface area contributed by atoms with Crippen molar-refractivity contribution in [3.63, 3.8) is 0 Å². The van der Waals surface area contributed by atoms with E-state index in [2.05, 4.69) is 5.32 Å². The Hall–Kier alpha value is -1.68. The lowest BCUT2D eigenvalue weighted by atomic mass is 10.0. The van der Waals surface area contributed by atoms with Gasteiger partial charge in [-0.3, -0.25) is 9.59 Å². The van der Waals surface area contributed by atoms with E-state index < -0.39 is 6.04 Å². The summed E-state index contributed by atoms with van der Waals surface area (Å²) in [5.41, 5.74) is 0.822. The molecule has 0 aliphatic carbocycles. The molecule has 0 spiro atoms. The van der Waals surface area contributed by atoms with Crippen LogP contribution in [-0.4, -0.2) is 24.9 Å². The topological polar surface area (TPSA) is 55.4 Å². The molecule has 4 heteroatoms. The lowest BCUT2D eigenvalue weighted by Crippen LogP contribution is -2.37. The van der Waals surface area contributed by atoms with Crippen molar-refractivity contribution >= 4 is 11.7 Å².